The van der Waals surface area contributed by atoms with Crippen molar-refractivity contribution in [3.8, 4) is 6.07 Å². The van der Waals surface area contributed by atoms with Crippen LogP contribution in [0.25, 0.3) is 0 Å². The van der Waals surface area contributed by atoms with Crippen molar-refractivity contribution in [1.29, 1.82) is 5.26 Å². The van der Waals surface area contributed by atoms with Crippen LogP contribution in [0.3, 0.4) is 0 Å². The maximum absolute atomic E-state index is 8.95. The first-order valence-electron chi connectivity index (χ1n) is 4.21. The SMILES string of the molecule is COC=O.N#CC1CCCCC1. The molecule has 1 fully saturated rings. The third-order valence-electron chi connectivity index (χ3n) is 1.88. The molecule has 1 rings (SSSR count). The van der Waals surface area contributed by atoms with Crippen LogP contribution in [0.15, 0.2) is 0 Å². The van der Waals surface area contributed by atoms with Crippen molar-refractivity contribution in [2.45, 2.75) is 32.1 Å². The summed E-state index contributed by atoms with van der Waals surface area (Å²) in [6.45, 7) is 0.375. The second-order valence-corrected chi connectivity index (χ2v) is 2.80. The average Bonchev–Trinajstić information content (AvgIpc) is 2.19. The Labute approximate surface area is 73.3 Å². The lowest BCUT2D eigenvalue weighted by atomic mass is 9.91. The molecule has 12 heavy (non-hydrogen) atoms. The summed E-state index contributed by atoms with van der Waals surface area (Å²) in [6, 6.07) is 2.30. The Balaban J connectivity index is 0.000000261. The molecule has 1 aliphatic rings. The monoisotopic (exact) mass is 169 g/mol. The summed E-state index contributed by atoms with van der Waals surface area (Å²) < 4.78 is 3.86. The van der Waals surface area contributed by atoms with E-state index >= 15 is 0 Å². The molecule has 0 heterocycles. The molecule has 0 saturated heterocycles. The molecule has 0 aromatic heterocycles. The standard InChI is InChI=1S/C7H11N.C2H4O2/c8-6-7-4-2-1-3-5-7;1-4-2-3/h7H,1-5H2;2H,1H3. The Bertz CT molecular complexity index is 145. The lowest BCUT2D eigenvalue weighted by Gasteiger charge is -2.13. The Morgan fingerprint density at radius 2 is 1.92 bits per heavy atom. The summed E-state index contributed by atoms with van der Waals surface area (Å²) in [7, 11) is 1.31. The Hall–Kier alpha value is -1.04. The zero-order valence-corrected chi connectivity index (χ0v) is 7.45. The highest BCUT2D eigenvalue weighted by Crippen LogP contribution is 2.22. The van der Waals surface area contributed by atoms with E-state index in [0.717, 1.165) is 12.8 Å². The highest BCUT2D eigenvalue weighted by Gasteiger charge is 2.10. The number of hydrogen-bond acceptors (Lipinski definition) is 3. The smallest absolute Gasteiger partial charge is 0.292 e. The van der Waals surface area contributed by atoms with Crippen molar-refractivity contribution in [3.05, 3.63) is 0 Å². The lowest BCUT2D eigenvalue weighted by molar-refractivity contribution is -0.126. The van der Waals surface area contributed by atoms with Crippen LogP contribution in [0.5, 0.6) is 0 Å². The van der Waals surface area contributed by atoms with Crippen LogP contribution < -0.4 is 0 Å². The van der Waals surface area contributed by atoms with E-state index in [4.69, 9.17) is 10.1 Å². The maximum Gasteiger partial charge on any atom is 0.292 e. The molecule has 1 saturated carbocycles. The lowest BCUT2D eigenvalue weighted by Crippen LogP contribution is -2.02. The summed E-state index contributed by atoms with van der Waals surface area (Å²) in [6.07, 6.45) is 6.20. The summed E-state index contributed by atoms with van der Waals surface area (Å²) in [4.78, 5) is 8.95. The number of ether oxygens (including phenoxy) is 1. The van der Waals surface area contributed by atoms with E-state index in [9.17, 15) is 0 Å². The molecule has 0 aromatic rings. The first kappa shape index (κ1) is 11.0. The van der Waals surface area contributed by atoms with E-state index in [0.29, 0.717) is 12.4 Å². The van der Waals surface area contributed by atoms with E-state index in [2.05, 4.69) is 10.8 Å². The summed E-state index contributed by atoms with van der Waals surface area (Å²) >= 11 is 0. The molecule has 0 radical (unpaired) electrons. The maximum atomic E-state index is 8.95. The van der Waals surface area contributed by atoms with Gasteiger partial charge >= 0.3 is 0 Å². The van der Waals surface area contributed by atoms with Crippen LogP contribution in [-0.4, -0.2) is 13.6 Å². The molecule has 0 bridgehead atoms. The van der Waals surface area contributed by atoms with Gasteiger partial charge < -0.3 is 4.74 Å². The highest BCUT2D eigenvalue weighted by atomic mass is 16.5. The normalized spacial score (nSPS) is 16.7. The number of carbonyl (C=O) groups excluding carboxylic acids is 1. The quantitative estimate of drug-likeness (QED) is 0.563. The first-order valence-corrected chi connectivity index (χ1v) is 4.21. The third kappa shape index (κ3) is 5.72. The molecule has 3 nitrogen and oxygen atoms in total. The zero-order chi connectivity index (χ0) is 9.23. The molecule has 3 heteroatoms. The summed E-state index contributed by atoms with van der Waals surface area (Å²) in [5.74, 6) is 0.392. The molecule has 0 spiro atoms. The second-order valence-electron chi connectivity index (χ2n) is 2.80. The second kappa shape index (κ2) is 8.06. The van der Waals surface area contributed by atoms with Gasteiger partial charge in [-0.2, -0.15) is 5.26 Å². The summed E-state index contributed by atoms with van der Waals surface area (Å²) in [5, 5.41) is 8.44. The van der Waals surface area contributed by atoms with Crippen molar-refractivity contribution in [2.75, 3.05) is 7.11 Å². The molecular weight excluding hydrogens is 154 g/mol. The van der Waals surface area contributed by atoms with E-state index in [1.807, 2.05) is 0 Å². The van der Waals surface area contributed by atoms with Gasteiger partial charge in [0.25, 0.3) is 6.47 Å². The van der Waals surface area contributed by atoms with Crippen molar-refractivity contribution < 1.29 is 9.53 Å². The van der Waals surface area contributed by atoms with Crippen LogP contribution in [-0.2, 0) is 9.53 Å². The molecule has 0 aliphatic heterocycles. The number of hydrogen-bond donors (Lipinski definition) is 0. The highest BCUT2D eigenvalue weighted by molar-refractivity contribution is 5.36. The number of carbonyl (C=O) groups is 1. The molecule has 0 aromatic carbocycles. The number of nitrogens with zero attached hydrogens (tertiary/aromatic N) is 1. The first-order chi connectivity index (χ1) is 5.85. The van der Waals surface area contributed by atoms with Gasteiger partial charge in [-0.3, -0.25) is 4.79 Å². The Kier molecular flexibility index (Phi) is 7.36. The van der Waals surface area contributed by atoms with Crippen LogP contribution in [0.1, 0.15) is 32.1 Å². The zero-order valence-electron chi connectivity index (χ0n) is 7.45. The van der Waals surface area contributed by atoms with Crippen molar-refractivity contribution in [3.63, 3.8) is 0 Å². The predicted octanol–water partition coefficient (Wildman–Crippen LogP) is 1.88. The van der Waals surface area contributed by atoms with Crippen LogP contribution in [0, 0.1) is 17.2 Å². The van der Waals surface area contributed by atoms with Crippen molar-refractivity contribution >= 4 is 6.47 Å². The van der Waals surface area contributed by atoms with E-state index in [-0.39, 0.29) is 0 Å². The number of rotatable bonds is 1. The fourth-order valence-corrected chi connectivity index (χ4v) is 1.23. The van der Waals surface area contributed by atoms with E-state index in [1.165, 1.54) is 26.4 Å². The van der Waals surface area contributed by atoms with Gasteiger partial charge in [-0.25, -0.2) is 0 Å². The minimum atomic E-state index is 0.375. The van der Waals surface area contributed by atoms with Gasteiger partial charge in [0.1, 0.15) is 0 Å². The molecule has 0 atom stereocenters. The van der Waals surface area contributed by atoms with Gasteiger partial charge in [-0.05, 0) is 12.8 Å². The molecule has 68 valence electrons. The number of methoxy groups -OCH3 is 1. The molecule has 1 aliphatic carbocycles. The fourth-order valence-electron chi connectivity index (χ4n) is 1.23. The van der Waals surface area contributed by atoms with Gasteiger partial charge in [0.05, 0.1) is 13.2 Å². The molecular formula is C9H15NO2. The van der Waals surface area contributed by atoms with E-state index in [1.54, 1.807) is 0 Å². The Morgan fingerprint density at radius 3 is 2.17 bits per heavy atom. The van der Waals surface area contributed by atoms with Gasteiger partial charge in [0.15, 0.2) is 0 Å². The predicted molar refractivity (Wildman–Crippen MR) is 45.3 cm³/mol. The molecule has 0 N–H and O–H groups in total. The van der Waals surface area contributed by atoms with Gasteiger partial charge in [-0.15, -0.1) is 0 Å². The van der Waals surface area contributed by atoms with Crippen LogP contribution in [0.2, 0.25) is 0 Å². The van der Waals surface area contributed by atoms with Crippen molar-refractivity contribution in [2.24, 2.45) is 5.92 Å². The number of nitriles is 1. The summed E-state index contributed by atoms with van der Waals surface area (Å²) in [5.41, 5.74) is 0. The average molecular weight is 169 g/mol. The van der Waals surface area contributed by atoms with Gasteiger partial charge in [0.2, 0.25) is 0 Å². The third-order valence-corrected chi connectivity index (χ3v) is 1.88. The molecule has 0 unspecified atom stereocenters. The van der Waals surface area contributed by atoms with Crippen LogP contribution in [0.4, 0.5) is 0 Å². The van der Waals surface area contributed by atoms with Gasteiger partial charge in [-0.1, -0.05) is 19.3 Å². The minimum absolute atomic E-state index is 0.375. The van der Waals surface area contributed by atoms with Crippen LogP contribution >= 0.6 is 0 Å². The van der Waals surface area contributed by atoms with E-state index < -0.39 is 0 Å². The fraction of sp³-hybridized carbons (Fsp3) is 0.778. The Morgan fingerprint density at radius 1 is 1.42 bits per heavy atom. The molecule has 0 amide bonds. The minimum Gasteiger partial charge on any atom is -0.471 e. The largest absolute Gasteiger partial charge is 0.471 e. The van der Waals surface area contributed by atoms with Crippen molar-refractivity contribution in [1.82, 2.24) is 0 Å². The van der Waals surface area contributed by atoms with Gasteiger partial charge in [0, 0.05) is 5.92 Å². The topological polar surface area (TPSA) is 50.1 Å².